The lowest BCUT2D eigenvalue weighted by Crippen LogP contribution is -2.39. The maximum absolute atomic E-state index is 12.0. The molecule has 6 heteroatoms. The van der Waals surface area contributed by atoms with E-state index in [-0.39, 0.29) is 0 Å². The molecular formula is C18H20Cl2N2O2. The smallest absolute Gasteiger partial charge is 0.322 e. The summed E-state index contributed by atoms with van der Waals surface area (Å²) in [6.07, 6.45) is -0.507. The zero-order valence-corrected chi connectivity index (χ0v) is 15.3. The Balaban J connectivity index is 1.90. The normalized spacial score (nSPS) is 11.9. The summed E-state index contributed by atoms with van der Waals surface area (Å²) in [5.41, 5.74) is 1.67. The molecule has 1 unspecified atom stereocenters. The van der Waals surface area contributed by atoms with Crippen LogP contribution in [0, 0.1) is 0 Å². The Hall–Kier alpha value is -1.91. The fourth-order valence-electron chi connectivity index (χ4n) is 2.11. The largest absolute Gasteiger partial charge is 0.471 e. The van der Waals surface area contributed by atoms with Gasteiger partial charge in [0.15, 0.2) is 6.23 Å². The van der Waals surface area contributed by atoms with E-state index in [4.69, 9.17) is 27.9 Å². The lowest BCUT2D eigenvalue weighted by atomic mass is 10.0. The number of ether oxygens (including phenoxy) is 1. The first-order valence-corrected chi connectivity index (χ1v) is 8.40. The second-order valence-corrected chi connectivity index (χ2v) is 6.47. The maximum atomic E-state index is 12.0. The van der Waals surface area contributed by atoms with Crippen molar-refractivity contribution in [3.8, 4) is 5.75 Å². The Labute approximate surface area is 152 Å². The van der Waals surface area contributed by atoms with E-state index in [0.29, 0.717) is 27.4 Å². The van der Waals surface area contributed by atoms with Crippen molar-refractivity contribution in [1.82, 2.24) is 5.32 Å². The second-order valence-electron chi connectivity index (χ2n) is 5.68. The van der Waals surface area contributed by atoms with Gasteiger partial charge in [0.1, 0.15) is 5.75 Å². The van der Waals surface area contributed by atoms with E-state index < -0.39 is 12.3 Å². The molecule has 0 fully saturated rings. The zero-order valence-electron chi connectivity index (χ0n) is 13.8. The fourth-order valence-corrected chi connectivity index (χ4v) is 2.46. The van der Waals surface area contributed by atoms with Crippen LogP contribution < -0.4 is 15.4 Å². The van der Waals surface area contributed by atoms with Gasteiger partial charge in [0.25, 0.3) is 0 Å². The molecule has 0 aliphatic rings. The van der Waals surface area contributed by atoms with Crippen LogP contribution in [0.1, 0.15) is 32.3 Å². The van der Waals surface area contributed by atoms with Gasteiger partial charge in [0.2, 0.25) is 0 Å². The number of urea groups is 1. The summed E-state index contributed by atoms with van der Waals surface area (Å²) < 4.78 is 5.68. The van der Waals surface area contributed by atoms with Crippen LogP contribution in [0.3, 0.4) is 0 Å². The van der Waals surface area contributed by atoms with Gasteiger partial charge in [-0.15, -0.1) is 0 Å². The van der Waals surface area contributed by atoms with E-state index in [1.54, 1.807) is 25.1 Å². The van der Waals surface area contributed by atoms with Crippen LogP contribution in [0.4, 0.5) is 10.5 Å². The van der Waals surface area contributed by atoms with E-state index in [1.807, 2.05) is 24.3 Å². The summed E-state index contributed by atoms with van der Waals surface area (Å²) in [5, 5.41) is 6.01. The summed E-state index contributed by atoms with van der Waals surface area (Å²) in [6, 6.07) is 12.4. The average molecular weight is 367 g/mol. The molecule has 0 radical (unpaired) electrons. The van der Waals surface area contributed by atoms with Crippen molar-refractivity contribution in [2.24, 2.45) is 0 Å². The van der Waals surface area contributed by atoms with E-state index in [2.05, 4.69) is 24.5 Å². The maximum Gasteiger partial charge on any atom is 0.322 e. The van der Waals surface area contributed by atoms with Crippen LogP contribution in [-0.4, -0.2) is 12.3 Å². The highest BCUT2D eigenvalue weighted by Crippen LogP contribution is 2.29. The lowest BCUT2D eigenvalue weighted by molar-refractivity contribution is 0.183. The molecule has 0 bridgehead atoms. The van der Waals surface area contributed by atoms with Crippen molar-refractivity contribution >= 4 is 34.9 Å². The summed E-state index contributed by atoms with van der Waals surface area (Å²) >= 11 is 12.0. The number of amides is 2. The molecule has 128 valence electrons. The second kappa shape index (κ2) is 8.27. The van der Waals surface area contributed by atoms with Gasteiger partial charge in [-0.05, 0) is 42.7 Å². The Morgan fingerprint density at radius 2 is 1.71 bits per heavy atom. The highest BCUT2D eigenvalue weighted by Gasteiger charge is 2.11. The van der Waals surface area contributed by atoms with Gasteiger partial charge >= 0.3 is 6.03 Å². The molecular weight excluding hydrogens is 347 g/mol. The van der Waals surface area contributed by atoms with Crippen LogP contribution >= 0.6 is 23.2 Å². The number of hydrogen-bond donors (Lipinski definition) is 2. The first kappa shape index (κ1) is 18.4. The first-order chi connectivity index (χ1) is 11.4. The Morgan fingerprint density at radius 1 is 1.04 bits per heavy atom. The number of carbonyl (C=O) groups is 1. The van der Waals surface area contributed by atoms with E-state index in [1.165, 1.54) is 5.56 Å². The number of nitrogens with one attached hydrogen (secondary N) is 2. The van der Waals surface area contributed by atoms with Crippen LogP contribution in [0.25, 0.3) is 0 Å². The van der Waals surface area contributed by atoms with Crippen LogP contribution in [0.2, 0.25) is 10.0 Å². The summed E-state index contributed by atoms with van der Waals surface area (Å²) in [6.45, 7) is 6.01. The minimum atomic E-state index is -0.507. The fraction of sp³-hybridized carbons (Fsp3) is 0.278. The number of halogens is 2. The minimum Gasteiger partial charge on any atom is -0.471 e. The summed E-state index contributed by atoms with van der Waals surface area (Å²) in [7, 11) is 0. The SMILES string of the molecule is CC(NC(=O)Nc1cccc(Cl)c1Cl)Oc1ccc(C(C)C)cc1. The number of anilines is 1. The monoisotopic (exact) mass is 366 g/mol. The third-order valence-corrected chi connectivity index (χ3v) is 4.21. The van der Waals surface area contributed by atoms with Crippen molar-refractivity contribution in [2.75, 3.05) is 5.32 Å². The predicted octanol–water partition coefficient (Wildman–Crippen LogP) is 5.66. The molecule has 2 N–H and O–H groups in total. The predicted molar refractivity (Wildman–Crippen MR) is 99.2 cm³/mol. The molecule has 0 saturated carbocycles. The molecule has 1 atom stereocenters. The molecule has 2 aromatic carbocycles. The Morgan fingerprint density at radius 3 is 2.33 bits per heavy atom. The van der Waals surface area contributed by atoms with Crippen LogP contribution in [-0.2, 0) is 0 Å². The number of rotatable bonds is 5. The van der Waals surface area contributed by atoms with Crippen molar-refractivity contribution < 1.29 is 9.53 Å². The van der Waals surface area contributed by atoms with Crippen molar-refractivity contribution in [3.63, 3.8) is 0 Å². The molecule has 24 heavy (non-hydrogen) atoms. The minimum absolute atomic E-state index is 0.298. The third-order valence-electron chi connectivity index (χ3n) is 3.39. The van der Waals surface area contributed by atoms with Crippen molar-refractivity contribution in [1.29, 1.82) is 0 Å². The van der Waals surface area contributed by atoms with Gasteiger partial charge in [-0.1, -0.05) is 55.2 Å². The van der Waals surface area contributed by atoms with Gasteiger partial charge in [-0.25, -0.2) is 4.79 Å². The molecule has 0 aliphatic heterocycles. The molecule has 0 saturated heterocycles. The molecule has 2 aromatic rings. The first-order valence-electron chi connectivity index (χ1n) is 7.65. The molecule has 2 rings (SSSR count). The Kier molecular flexibility index (Phi) is 6.35. The van der Waals surface area contributed by atoms with Gasteiger partial charge in [-0.2, -0.15) is 0 Å². The van der Waals surface area contributed by atoms with Crippen molar-refractivity contribution in [2.45, 2.75) is 32.9 Å². The van der Waals surface area contributed by atoms with Gasteiger partial charge in [0.05, 0.1) is 15.7 Å². The van der Waals surface area contributed by atoms with E-state index in [9.17, 15) is 4.79 Å². The van der Waals surface area contributed by atoms with Gasteiger partial charge < -0.3 is 15.4 Å². The molecule has 0 aliphatic carbocycles. The van der Waals surface area contributed by atoms with Gasteiger partial charge in [-0.3, -0.25) is 0 Å². The van der Waals surface area contributed by atoms with E-state index >= 15 is 0 Å². The molecule has 4 nitrogen and oxygen atoms in total. The zero-order chi connectivity index (χ0) is 17.7. The number of benzene rings is 2. The Bertz CT molecular complexity index is 703. The highest BCUT2D eigenvalue weighted by molar-refractivity contribution is 6.43. The number of carbonyl (C=O) groups excluding carboxylic acids is 1. The standard InChI is InChI=1S/C18H20Cl2N2O2/c1-11(2)13-7-9-14(10-8-13)24-12(3)21-18(23)22-16-6-4-5-15(19)17(16)20/h4-12H,1-3H3,(H2,21,22,23). The van der Waals surface area contributed by atoms with Gasteiger partial charge in [0, 0.05) is 0 Å². The lowest BCUT2D eigenvalue weighted by Gasteiger charge is -2.17. The average Bonchev–Trinajstić information content (AvgIpc) is 2.52. The quantitative estimate of drug-likeness (QED) is 0.670. The summed E-state index contributed by atoms with van der Waals surface area (Å²) in [5.74, 6) is 1.15. The number of hydrogen-bond acceptors (Lipinski definition) is 2. The topological polar surface area (TPSA) is 50.4 Å². The van der Waals surface area contributed by atoms with E-state index in [0.717, 1.165) is 0 Å². The van der Waals surface area contributed by atoms with Crippen LogP contribution in [0.5, 0.6) is 5.75 Å². The third kappa shape index (κ3) is 5.05. The molecule has 0 heterocycles. The molecule has 0 aromatic heterocycles. The summed E-state index contributed by atoms with van der Waals surface area (Å²) in [4.78, 5) is 12.0. The molecule has 0 spiro atoms. The molecule has 2 amide bonds. The highest BCUT2D eigenvalue weighted by atomic mass is 35.5. The van der Waals surface area contributed by atoms with Crippen LogP contribution in [0.15, 0.2) is 42.5 Å². The van der Waals surface area contributed by atoms with Crippen molar-refractivity contribution in [3.05, 3.63) is 58.1 Å².